The lowest BCUT2D eigenvalue weighted by atomic mass is 10.0. The normalized spacial score (nSPS) is 23.6. The van der Waals surface area contributed by atoms with E-state index in [4.69, 9.17) is 5.73 Å². The van der Waals surface area contributed by atoms with Gasteiger partial charge in [0.15, 0.2) is 0 Å². The van der Waals surface area contributed by atoms with Crippen LogP contribution < -0.4 is 11.1 Å². The zero-order valence-corrected chi connectivity index (χ0v) is 16.0. The molecule has 3 amide bonds. The Labute approximate surface area is 159 Å². The van der Waals surface area contributed by atoms with E-state index in [1.807, 2.05) is 13.8 Å². The minimum absolute atomic E-state index is 0.212. The Kier molecular flexibility index (Phi) is 7.18. The molecule has 3 unspecified atom stereocenters. The van der Waals surface area contributed by atoms with Crippen LogP contribution in [0.2, 0.25) is 0 Å². The number of rotatable bonds is 7. The van der Waals surface area contributed by atoms with Gasteiger partial charge < -0.3 is 26.0 Å². The summed E-state index contributed by atoms with van der Waals surface area (Å²) < 4.78 is 0. The average Bonchev–Trinajstić information content (AvgIpc) is 3.26. The van der Waals surface area contributed by atoms with E-state index in [0.717, 1.165) is 0 Å². The Morgan fingerprint density at radius 1 is 1.07 bits per heavy atom. The maximum atomic E-state index is 12.8. The highest BCUT2D eigenvalue weighted by Crippen LogP contribution is 2.25. The summed E-state index contributed by atoms with van der Waals surface area (Å²) in [6.07, 6.45) is 2.79. The second-order valence-corrected chi connectivity index (χ2v) is 7.73. The number of amides is 3. The van der Waals surface area contributed by atoms with Gasteiger partial charge in [-0.1, -0.05) is 13.8 Å². The van der Waals surface area contributed by atoms with E-state index in [1.165, 1.54) is 9.80 Å². The molecule has 0 bridgehead atoms. The van der Waals surface area contributed by atoms with Crippen molar-refractivity contribution in [3.63, 3.8) is 0 Å². The molecule has 152 valence electrons. The van der Waals surface area contributed by atoms with Gasteiger partial charge in [0.1, 0.15) is 12.1 Å². The van der Waals surface area contributed by atoms with Crippen molar-refractivity contribution in [3.8, 4) is 0 Å². The van der Waals surface area contributed by atoms with Crippen molar-refractivity contribution in [2.45, 2.75) is 64.1 Å². The molecule has 4 N–H and O–H groups in total. The fourth-order valence-electron chi connectivity index (χ4n) is 3.81. The van der Waals surface area contributed by atoms with Gasteiger partial charge in [0, 0.05) is 13.1 Å². The smallest absolute Gasteiger partial charge is 0.326 e. The molecule has 2 heterocycles. The number of carboxylic acids is 1. The predicted molar refractivity (Wildman–Crippen MR) is 97.5 cm³/mol. The van der Waals surface area contributed by atoms with Crippen LogP contribution in [-0.4, -0.2) is 76.4 Å². The van der Waals surface area contributed by atoms with Crippen LogP contribution in [0.25, 0.3) is 0 Å². The van der Waals surface area contributed by atoms with Crippen molar-refractivity contribution < 1.29 is 24.3 Å². The van der Waals surface area contributed by atoms with Crippen LogP contribution in [-0.2, 0) is 19.2 Å². The molecular weight excluding hydrogens is 352 g/mol. The second kappa shape index (κ2) is 9.16. The van der Waals surface area contributed by atoms with E-state index >= 15 is 0 Å². The maximum absolute atomic E-state index is 12.8. The minimum atomic E-state index is -1.01. The highest BCUT2D eigenvalue weighted by molar-refractivity contribution is 5.93. The first-order valence-corrected chi connectivity index (χ1v) is 9.58. The van der Waals surface area contributed by atoms with Crippen molar-refractivity contribution in [2.24, 2.45) is 11.7 Å². The first kappa shape index (κ1) is 21.1. The summed E-state index contributed by atoms with van der Waals surface area (Å²) in [5.41, 5.74) is 5.81. The monoisotopic (exact) mass is 382 g/mol. The van der Waals surface area contributed by atoms with Gasteiger partial charge in [-0.25, -0.2) is 4.79 Å². The van der Waals surface area contributed by atoms with Gasteiger partial charge in [-0.3, -0.25) is 14.4 Å². The Morgan fingerprint density at radius 3 is 2.26 bits per heavy atom. The first-order chi connectivity index (χ1) is 12.7. The third kappa shape index (κ3) is 5.18. The molecule has 0 aromatic heterocycles. The third-order valence-corrected chi connectivity index (χ3v) is 5.16. The molecule has 2 saturated heterocycles. The van der Waals surface area contributed by atoms with Crippen LogP contribution in [0.3, 0.4) is 0 Å². The van der Waals surface area contributed by atoms with Crippen molar-refractivity contribution in [2.75, 3.05) is 19.6 Å². The lowest BCUT2D eigenvalue weighted by molar-refractivity contribution is -0.151. The van der Waals surface area contributed by atoms with E-state index in [9.17, 15) is 24.3 Å². The van der Waals surface area contributed by atoms with Crippen LogP contribution in [0, 0.1) is 5.92 Å². The summed E-state index contributed by atoms with van der Waals surface area (Å²) >= 11 is 0. The molecule has 2 aliphatic rings. The molecule has 0 aliphatic carbocycles. The van der Waals surface area contributed by atoms with Crippen molar-refractivity contribution in [1.29, 1.82) is 0 Å². The van der Waals surface area contributed by atoms with E-state index in [1.54, 1.807) is 0 Å². The topological polar surface area (TPSA) is 133 Å². The van der Waals surface area contributed by atoms with Crippen molar-refractivity contribution in [3.05, 3.63) is 0 Å². The Morgan fingerprint density at radius 2 is 1.67 bits per heavy atom. The number of hydrogen-bond donors (Lipinski definition) is 3. The lowest BCUT2D eigenvalue weighted by Crippen LogP contribution is -2.53. The average molecular weight is 382 g/mol. The summed E-state index contributed by atoms with van der Waals surface area (Å²) in [4.78, 5) is 51.5. The maximum Gasteiger partial charge on any atom is 0.326 e. The van der Waals surface area contributed by atoms with Gasteiger partial charge in [0.05, 0.1) is 12.6 Å². The first-order valence-electron chi connectivity index (χ1n) is 9.58. The summed E-state index contributed by atoms with van der Waals surface area (Å²) in [6, 6.07) is -2.14. The number of likely N-dealkylation sites (tertiary alicyclic amines) is 2. The van der Waals surface area contributed by atoms with Crippen LogP contribution in [0.1, 0.15) is 46.0 Å². The fourth-order valence-corrected chi connectivity index (χ4v) is 3.81. The number of aliphatic carboxylic acids is 1. The molecule has 2 aliphatic heterocycles. The number of carbonyl (C=O) groups excluding carboxylic acids is 3. The van der Waals surface area contributed by atoms with Gasteiger partial charge >= 0.3 is 5.97 Å². The van der Waals surface area contributed by atoms with Crippen LogP contribution >= 0.6 is 0 Å². The summed E-state index contributed by atoms with van der Waals surface area (Å²) in [5, 5.41) is 11.8. The molecular formula is C18H30N4O5. The van der Waals surface area contributed by atoms with Gasteiger partial charge in [0.25, 0.3) is 0 Å². The van der Waals surface area contributed by atoms with E-state index in [-0.39, 0.29) is 30.2 Å². The van der Waals surface area contributed by atoms with Gasteiger partial charge in [-0.05, 0) is 38.0 Å². The summed E-state index contributed by atoms with van der Waals surface area (Å²) in [7, 11) is 0. The molecule has 2 fully saturated rings. The molecule has 27 heavy (non-hydrogen) atoms. The lowest BCUT2D eigenvalue weighted by Gasteiger charge is -2.30. The molecule has 3 atom stereocenters. The largest absolute Gasteiger partial charge is 0.480 e. The summed E-state index contributed by atoms with van der Waals surface area (Å²) in [6.45, 7) is 4.53. The predicted octanol–water partition coefficient (Wildman–Crippen LogP) is -0.457. The van der Waals surface area contributed by atoms with Crippen LogP contribution in [0.5, 0.6) is 0 Å². The number of nitrogens with zero attached hydrogens (tertiary/aromatic N) is 2. The number of nitrogens with two attached hydrogens (primary N) is 1. The zero-order valence-electron chi connectivity index (χ0n) is 16.0. The summed E-state index contributed by atoms with van der Waals surface area (Å²) in [5.74, 6) is -1.78. The van der Waals surface area contributed by atoms with Crippen molar-refractivity contribution >= 4 is 23.7 Å². The fraction of sp³-hybridized carbons (Fsp3) is 0.778. The quantitative estimate of drug-likeness (QED) is 0.546. The third-order valence-electron chi connectivity index (χ3n) is 5.16. The van der Waals surface area contributed by atoms with Crippen LogP contribution in [0.15, 0.2) is 0 Å². The Balaban J connectivity index is 1.93. The van der Waals surface area contributed by atoms with Crippen LogP contribution in [0.4, 0.5) is 0 Å². The van der Waals surface area contributed by atoms with Crippen molar-refractivity contribution in [1.82, 2.24) is 15.1 Å². The van der Waals surface area contributed by atoms with E-state index < -0.39 is 24.1 Å². The Bertz CT molecular complexity index is 594. The standard InChI is InChI=1S/C18H30N4O5/c1-11(2)9-12(19)16(24)20-10-15(23)21-7-3-5-13(21)17(25)22-8-4-6-14(22)18(26)27/h11-14H,3-10,19H2,1-2H3,(H,20,24)(H,26,27). The molecule has 0 spiro atoms. The SMILES string of the molecule is CC(C)CC(N)C(=O)NCC(=O)N1CCCC1C(=O)N1CCCC1C(=O)O. The Hall–Kier alpha value is -2.16. The number of carboxylic acid groups (broad SMARTS) is 1. The van der Waals surface area contributed by atoms with Gasteiger partial charge in [-0.15, -0.1) is 0 Å². The van der Waals surface area contributed by atoms with E-state index in [0.29, 0.717) is 45.2 Å². The highest BCUT2D eigenvalue weighted by Gasteiger charge is 2.42. The molecule has 2 rings (SSSR count). The second-order valence-electron chi connectivity index (χ2n) is 7.73. The molecule has 0 aromatic rings. The zero-order chi connectivity index (χ0) is 20.1. The number of hydrogen-bond acceptors (Lipinski definition) is 5. The number of carbonyl (C=O) groups is 4. The minimum Gasteiger partial charge on any atom is -0.480 e. The molecule has 0 saturated carbocycles. The van der Waals surface area contributed by atoms with E-state index in [2.05, 4.69) is 5.32 Å². The molecule has 9 heteroatoms. The molecule has 9 nitrogen and oxygen atoms in total. The molecule has 0 radical (unpaired) electrons. The van der Waals surface area contributed by atoms with Gasteiger partial charge in [0.2, 0.25) is 17.7 Å². The molecule has 0 aromatic carbocycles. The highest BCUT2D eigenvalue weighted by atomic mass is 16.4. The number of nitrogens with one attached hydrogen (secondary N) is 1. The van der Waals surface area contributed by atoms with Gasteiger partial charge in [-0.2, -0.15) is 0 Å².